The highest BCUT2D eigenvalue weighted by molar-refractivity contribution is 7.89. The summed E-state index contributed by atoms with van der Waals surface area (Å²) >= 11 is 0. The van der Waals surface area contributed by atoms with Crippen molar-refractivity contribution in [2.45, 2.75) is 29.8 Å². The molecular weight excluding hydrogens is 522 g/mol. The molecule has 5 rings (SSSR count). The molecule has 0 spiro atoms. The van der Waals surface area contributed by atoms with Gasteiger partial charge in [0, 0.05) is 30.1 Å². The number of esters is 1. The van der Waals surface area contributed by atoms with Gasteiger partial charge in [-0.2, -0.15) is 0 Å². The summed E-state index contributed by atoms with van der Waals surface area (Å²) in [6.45, 7) is 0.554. The molecular formula is C28H27N3O7S. The quantitative estimate of drug-likeness (QED) is 0.179. The summed E-state index contributed by atoms with van der Waals surface area (Å²) in [7, 11) is -2.80. The second-order valence-corrected chi connectivity index (χ2v) is 11.0. The Bertz CT molecular complexity index is 1640. The van der Waals surface area contributed by atoms with Gasteiger partial charge in [0.15, 0.2) is 4.90 Å². The minimum atomic E-state index is -4.13. The summed E-state index contributed by atoms with van der Waals surface area (Å²) in [6, 6.07) is 20.1. The predicted molar refractivity (Wildman–Crippen MR) is 144 cm³/mol. The first-order chi connectivity index (χ1) is 18.8. The third-order valence-corrected chi connectivity index (χ3v) is 8.54. The monoisotopic (exact) mass is 549 g/mol. The molecule has 1 atom stereocenters. The number of sulfonamides is 1. The van der Waals surface area contributed by atoms with Gasteiger partial charge in [-0.3, -0.25) is 10.1 Å². The summed E-state index contributed by atoms with van der Waals surface area (Å²) in [5.74, 6) is -0.430. The maximum Gasteiger partial charge on any atom is 0.337 e. The van der Waals surface area contributed by atoms with E-state index < -0.39 is 32.2 Å². The van der Waals surface area contributed by atoms with Gasteiger partial charge >= 0.3 is 5.97 Å². The van der Waals surface area contributed by atoms with Gasteiger partial charge in [-0.25, -0.2) is 17.9 Å². The number of hydrogen-bond donors (Lipinski definition) is 2. The van der Waals surface area contributed by atoms with E-state index in [0.717, 1.165) is 34.1 Å². The second-order valence-electron chi connectivity index (χ2n) is 9.24. The number of fused-ring (bicyclic) bond motifs is 1. The Balaban J connectivity index is 1.50. The number of nitro benzene ring substituents is 1. The molecule has 0 bridgehead atoms. The summed E-state index contributed by atoms with van der Waals surface area (Å²) in [5, 5.41) is 12.3. The van der Waals surface area contributed by atoms with E-state index in [9.17, 15) is 23.3 Å². The zero-order chi connectivity index (χ0) is 27.6. The molecule has 1 saturated heterocycles. The SMILES string of the molecule is COC(=O)c1ccc(C2(c3[nH]c4ccccc4c3CCNS(=O)(=O)c3ccccc3[N+](=O)[O-])CCCO2)cc1. The van der Waals surface area contributed by atoms with Crippen LogP contribution in [0.1, 0.15) is 40.0 Å². The third-order valence-electron chi connectivity index (χ3n) is 7.03. The van der Waals surface area contributed by atoms with Crippen molar-refractivity contribution in [2.75, 3.05) is 20.3 Å². The standard InChI is InChI=1S/C28H27N3O7S/c1-37-27(32)19-11-13-20(14-12-19)28(16-6-18-38-28)26-22(21-7-2-3-8-23(21)30-26)15-17-29-39(35,36)25-10-5-4-9-24(25)31(33)34/h2-5,7-14,29-30H,6,15-18H2,1H3. The van der Waals surface area contributed by atoms with Gasteiger partial charge in [-0.15, -0.1) is 0 Å². The molecule has 0 radical (unpaired) electrons. The van der Waals surface area contributed by atoms with Crippen molar-refractivity contribution in [3.8, 4) is 0 Å². The smallest absolute Gasteiger partial charge is 0.337 e. The van der Waals surface area contributed by atoms with E-state index in [0.29, 0.717) is 25.0 Å². The fourth-order valence-electron chi connectivity index (χ4n) is 5.23. The number of carbonyl (C=O) groups is 1. The minimum absolute atomic E-state index is 0.0145. The number of hydrogen-bond acceptors (Lipinski definition) is 7. The molecule has 0 amide bonds. The molecule has 0 aliphatic carbocycles. The number of aromatic amines is 1. The highest BCUT2D eigenvalue weighted by atomic mass is 32.2. The first-order valence-electron chi connectivity index (χ1n) is 12.4. The summed E-state index contributed by atoms with van der Waals surface area (Å²) < 4.78 is 39.8. The highest BCUT2D eigenvalue weighted by Crippen LogP contribution is 2.45. The van der Waals surface area contributed by atoms with Crippen molar-refractivity contribution in [2.24, 2.45) is 0 Å². The lowest BCUT2D eigenvalue weighted by atomic mass is 9.84. The molecule has 1 aliphatic rings. The summed E-state index contributed by atoms with van der Waals surface area (Å²) in [4.78, 5) is 25.8. The number of benzene rings is 3. The van der Waals surface area contributed by atoms with Crippen LogP contribution in [0.2, 0.25) is 0 Å². The number of rotatable bonds is 9. The Morgan fingerprint density at radius 1 is 1.10 bits per heavy atom. The molecule has 2 heterocycles. The molecule has 2 N–H and O–H groups in total. The van der Waals surface area contributed by atoms with Crippen LogP contribution in [-0.4, -0.2) is 44.6 Å². The zero-order valence-corrected chi connectivity index (χ0v) is 22.0. The largest absolute Gasteiger partial charge is 0.465 e. The van der Waals surface area contributed by atoms with E-state index in [-0.39, 0.29) is 11.4 Å². The van der Waals surface area contributed by atoms with Crippen LogP contribution < -0.4 is 4.72 Å². The molecule has 10 nitrogen and oxygen atoms in total. The third kappa shape index (κ3) is 4.91. The number of para-hydroxylation sites is 2. The second kappa shape index (κ2) is 10.6. The van der Waals surface area contributed by atoms with Crippen molar-refractivity contribution in [1.82, 2.24) is 9.71 Å². The van der Waals surface area contributed by atoms with Gasteiger partial charge in [0.1, 0.15) is 5.60 Å². The van der Waals surface area contributed by atoms with Crippen LogP contribution in [-0.2, 0) is 31.5 Å². The molecule has 1 fully saturated rings. The number of nitro groups is 1. The lowest BCUT2D eigenvalue weighted by Gasteiger charge is -2.30. The molecule has 1 unspecified atom stereocenters. The molecule has 11 heteroatoms. The van der Waals surface area contributed by atoms with E-state index in [1.807, 2.05) is 36.4 Å². The highest BCUT2D eigenvalue weighted by Gasteiger charge is 2.42. The van der Waals surface area contributed by atoms with Crippen LogP contribution in [0.15, 0.2) is 77.7 Å². The van der Waals surface area contributed by atoms with E-state index in [2.05, 4.69) is 9.71 Å². The van der Waals surface area contributed by atoms with Gasteiger partial charge in [0.2, 0.25) is 10.0 Å². The molecule has 1 aliphatic heterocycles. The molecule has 3 aromatic carbocycles. The lowest BCUT2D eigenvalue weighted by Crippen LogP contribution is -2.30. The number of carbonyl (C=O) groups excluding carboxylic acids is 1. The number of nitrogens with zero attached hydrogens (tertiary/aromatic N) is 1. The van der Waals surface area contributed by atoms with Crippen LogP contribution in [0.4, 0.5) is 5.69 Å². The lowest BCUT2D eigenvalue weighted by molar-refractivity contribution is -0.387. The molecule has 202 valence electrons. The van der Waals surface area contributed by atoms with E-state index >= 15 is 0 Å². The number of methoxy groups -OCH3 is 1. The van der Waals surface area contributed by atoms with Crippen LogP contribution in [0.5, 0.6) is 0 Å². The number of H-pyrrole nitrogens is 1. The van der Waals surface area contributed by atoms with Crippen LogP contribution in [0.3, 0.4) is 0 Å². The number of ether oxygens (including phenoxy) is 2. The van der Waals surface area contributed by atoms with Crippen molar-refractivity contribution in [3.63, 3.8) is 0 Å². The topological polar surface area (TPSA) is 141 Å². The van der Waals surface area contributed by atoms with Gasteiger partial charge in [0.05, 0.1) is 23.3 Å². The van der Waals surface area contributed by atoms with Crippen molar-refractivity contribution in [1.29, 1.82) is 0 Å². The van der Waals surface area contributed by atoms with Gasteiger partial charge < -0.3 is 14.5 Å². The summed E-state index contributed by atoms with van der Waals surface area (Å²) in [5.41, 5.74) is 2.57. The van der Waals surface area contributed by atoms with Crippen molar-refractivity contribution < 1.29 is 27.6 Å². The van der Waals surface area contributed by atoms with Crippen molar-refractivity contribution in [3.05, 3.63) is 105 Å². The average molecular weight is 550 g/mol. The normalized spacial score (nSPS) is 17.4. The maximum atomic E-state index is 13.0. The van der Waals surface area contributed by atoms with E-state index in [4.69, 9.17) is 9.47 Å². The Labute approximate surface area is 225 Å². The Hall–Kier alpha value is -4.06. The van der Waals surface area contributed by atoms with Crippen LogP contribution in [0, 0.1) is 10.1 Å². The first kappa shape index (κ1) is 26.5. The van der Waals surface area contributed by atoms with E-state index in [1.54, 1.807) is 12.1 Å². The number of aromatic nitrogens is 1. The average Bonchev–Trinajstić information content (AvgIpc) is 3.59. The zero-order valence-electron chi connectivity index (χ0n) is 21.2. The van der Waals surface area contributed by atoms with Crippen LogP contribution in [0.25, 0.3) is 10.9 Å². The van der Waals surface area contributed by atoms with Crippen molar-refractivity contribution >= 4 is 32.6 Å². The minimum Gasteiger partial charge on any atom is -0.465 e. The molecule has 39 heavy (non-hydrogen) atoms. The molecule has 1 aromatic heterocycles. The Kier molecular flexibility index (Phi) is 7.21. The van der Waals surface area contributed by atoms with Gasteiger partial charge in [-0.1, -0.05) is 42.5 Å². The van der Waals surface area contributed by atoms with Crippen LogP contribution >= 0.6 is 0 Å². The Morgan fingerprint density at radius 2 is 1.82 bits per heavy atom. The van der Waals surface area contributed by atoms with Gasteiger partial charge in [-0.05, 0) is 54.7 Å². The van der Waals surface area contributed by atoms with E-state index in [1.165, 1.54) is 31.4 Å². The Morgan fingerprint density at radius 3 is 2.51 bits per heavy atom. The number of nitrogens with one attached hydrogen (secondary N) is 2. The summed E-state index contributed by atoms with van der Waals surface area (Å²) in [6.07, 6.45) is 1.81. The maximum absolute atomic E-state index is 13.0. The predicted octanol–water partition coefficient (Wildman–Crippen LogP) is 4.44. The first-order valence-corrected chi connectivity index (χ1v) is 13.9. The molecule has 0 saturated carbocycles. The fourth-order valence-corrected chi connectivity index (χ4v) is 6.43. The molecule has 4 aromatic rings. The fraction of sp³-hybridized carbons (Fsp3) is 0.250. The van der Waals surface area contributed by atoms with Gasteiger partial charge in [0.25, 0.3) is 5.69 Å².